The van der Waals surface area contributed by atoms with Gasteiger partial charge < -0.3 is 19.1 Å². The maximum Gasteiger partial charge on any atom is 0.135 e. The average molecular weight is 1070 g/mol. The van der Waals surface area contributed by atoms with Crippen LogP contribution in [0.5, 0.6) is 11.5 Å². The number of pyridine rings is 1. The molecule has 0 amide bonds. The Kier molecular flexibility index (Phi) is 12.1. The third kappa shape index (κ3) is 8.23. The Hall–Kier alpha value is -5.21. The summed E-state index contributed by atoms with van der Waals surface area (Å²) < 4.78 is 9.17. The Morgan fingerprint density at radius 3 is 1.98 bits per heavy atom. The Balaban J connectivity index is 0.00000533. The van der Waals surface area contributed by atoms with Gasteiger partial charge in [-0.15, -0.1) is 53.6 Å². The van der Waals surface area contributed by atoms with Gasteiger partial charge in [0.25, 0.3) is 0 Å². The van der Waals surface area contributed by atoms with Gasteiger partial charge in [0.15, 0.2) is 0 Å². The van der Waals surface area contributed by atoms with Crippen LogP contribution in [-0.2, 0) is 26.5 Å². The van der Waals surface area contributed by atoms with E-state index in [0.717, 1.165) is 46.5 Å². The van der Waals surface area contributed by atoms with Crippen LogP contribution in [-0.4, -0.2) is 25.7 Å². The summed E-state index contributed by atoms with van der Waals surface area (Å²) in [6.07, 6.45) is 8.00. The summed E-state index contributed by atoms with van der Waals surface area (Å²) in [6.45, 7) is 21.5. The first-order valence-corrected chi connectivity index (χ1v) is 30.2. The first kappa shape index (κ1) is 45.0. The van der Waals surface area contributed by atoms with Crippen LogP contribution in [0.2, 0.25) is 39.3 Å². The standard InChI is InChI=1S/C57H59N4OSi2.Pt/c1-40(2)41-34-44(59-39-60(51-25-16-15-24-50(51)59)56-53(63(3,4)5)26-19-27-54(56)64(6,7)8)37-46(35-41)62-45-28-29-48-47-22-13-14-23-49(47)61(52(48)38-45)55-36-43(30-33-58-55)57(31-17-10-18-32-57)42-20-11-9-12-21-42;/h9,11-16,19-30,33-36,39-40H,10,17-18,31-32H2,1-8H3;/q-3;. The first-order chi connectivity index (χ1) is 30.8. The summed E-state index contributed by atoms with van der Waals surface area (Å²) in [5.41, 5.74) is 10.5. The van der Waals surface area contributed by atoms with Crippen LogP contribution in [0, 0.1) is 18.8 Å². The molecular formula is C57H59N4OPtSi2-3. The fourth-order valence-corrected chi connectivity index (χ4v) is 13.6. The van der Waals surface area contributed by atoms with Gasteiger partial charge in [-0.3, -0.25) is 0 Å². The van der Waals surface area contributed by atoms with Gasteiger partial charge in [0.2, 0.25) is 0 Å². The molecule has 0 spiro atoms. The van der Waals surface area contributed by atoms with E-state index in [4.69, 9.17) is 9.72 Å². The smallest absolute Gasteiger partial charge is 0.135 e. The molecule has 1 fully saturated rings. The number of nitrogens with zero attached hydrogens (tertiary/aromatic N) is 4. The molecule has 10 rings (SSSR count). The second kappa shape index (κ2) is 17.5. The molecule has 0 saturated heterocycles. The van der Waals surface area contributed by atoms with E-state index < -0.39 is 16.1 Å². The van der Waals surface area contributed by atoms with Crippen molar-refractivity contribution in [2.45, 2.75) is 96.6 Å². The summed E-state index contributed by atoms with van der Waals surface area (Å²) in [7, 11) is -3.47. The fraction of sp³-hybridized carbons (Fsp3) is 0.263. The molecule has 0 atom stereocenters. The SMILES string of the molecule is CC(C)c1cc(Oc2[c-]c3c(cc2)c2ccccc2n3-c2cc(C3(c4ccccc4)CCCCC3)ccn2)[c-]c(N2[CH-]N(c3c([Si](C)(C)C)cccc3[Si](C)(C)C)c3ccccc32)c1.[Pt]. The number of benzene rings is 6. The second-order valence-electron chi connectivity index (χ2n) is 20.3. The molecule has 0 N–H and O–H groups in total. The third-order valence-electron chi connectivity index (χ3n) is 13.6. The predicted octanol–water partition coefficient (Wildman–Crippen LogP) is 14.4. The molecule has 8 aromatic rings. The number of fused-ring (bicyclic) bond motifs is 4. The minimum Gasteiger partial charge on any atom is -0.509 e. The van der Waals surface area contributed by atoms with Crippen LogP contribution < -0.4 is 24.9 Å². The molecule has 8 heteroatoms. The Bertz CT molecular complexity index is 2980. The molecule has 65 heavy (non-hydrogen) atoms. The Morgan fingerprint density at radius 1 is 0.631 bits per heavy atom. The van der Waals surface area contributed by atoms with E-state index in [-0.39, 0.29) is 32.4 Å². The van der Waals surface area contributed by atoms with E-state index in [1.54, 1.807) is 0 Å². The number of ether oxygens (including phenoxy) is 1. The van der Waals surface area contributed by atoms with Crippen molar-refractivity contribution in [2.24, 2.45) is 0 Å². The van der Waals surface area contributed by atoms with E-state index in [9.17, 15) is 0 Å². The van der Waals surface area contributed by atoms with Crippen molar-refractivity contribution in [2.75, 3.05) is 9.80 Å². The summed E-state index contributed by atoms with van der Waals surface area (Å²) in [5, 5.41) is 5.25. The van der Waals surface area contributed by atoms with Gasteiger partial charge in [0, 0.05) is 66.8 Å². The third-order valence-corrected chi connectivity index (χ3v) is 17.7. The second-order valence-corrected chi connectivity index (χ2v) is 30.4. The molecule has 0 bridgehead atoms. The summed E-state index contributed by atoms with van der Waals surface area (Å²) in [4.78, 5) is 9.84. The molecule has 6 aromatic carbocycles. The van der Waals surface area contributed by atoms with E-state index in [2.05, 4.69) is 220 Å². The van der Waals surface area contributed by atoms with Crippen LogP contribution >= 0.6 is 0 Å². The molecule has 1 aliphatic heterocycles. The molecule has 1 aliphatic carbocycles. The summed E-state index contributed by atoms with van der Waals surface area (Å²) in [6, 6.07) is 56.3. The number of aromatic nitrogens is 2. The van der Waals surface area contributed by atoms with Crippen LogP contribution in [0.25, 0.3) is 27.6 Å². The van der Waals surface area contributed by atoms with Crippen LogP contribution in [0.4, 0.5) is 22.7 Å². The minimum atomic E-state index is -1.73. The van der Waals surface area contributed by atoms with Crippen molar-refractivity contribution < 1.29 is 25.8 Å². The predicted molar refractivity (Wildman–Crippen MR) is 275 cm³/mol. The number of hydrogen-bond donors (Lipinski definition) is 0. The molecule has 1 saturated carbocycles. The number of para-hydroxylation sites is 4. The monoisotopic (exact) mass is 1070 g/mol. The van der Waals surface area contributed by atoms with Gasteiger partial charge in [0.1, 0.15) is 5.82 Å². The average Bonchev–Trinajstić information content (AvgIpc) is 3.85. The zero-order chi connectivity index (χ0) is 44.4. The maximum absolute atomic E-state index is 6.90. The molecular weight excluding hydrogens is 1010 g/mol. The van der Waals surface area contributed by atoms with Crippen LogP contribution in [0.15, 0.2) is 140 Å². The van der Waals surface area contributed by atoms with Crippen molar-refractivity contribution in [1.29, 1.82) is 0 Å². The van der Waals surface area contributed by atoms with Crippen molar-refractivity contribution >= 4 is 71.1 Å². The zero-order valence-electron chi connectivity index (χ0n) is 39.0. The quantitative estimate of drug-likeness (QED) is 0.101. The maximum atomic E-state index is 6.90. The van der Waals surface area contributed by atoms with Crippen molar-refractivity contribution in [1.82, 2.24) is 9.55 Å². The topological polar surface area (TPSA) is 33.5 Å². The normalized spacial score (nSPS) is 15.1. The van der Waals surface area contributed by atoms with Gasteiger partial charge in [0.05, 0.1) is 16.1 Å². The van der Waals surface area contributed by atoms with Crippen LogP contribution in [0.3, 0.4) is 0 Å². The molecule has 0 radical (unpaired) electrons. The number of anilines is 4. The first-order valence-electron chi connectivity index (χ1n) is 23.2. The zero-order valence-corrected chi connectivity index (χ0v) is 43.3. The largest absolute Gasteiger partial charge is 0.509 e. The van der Waals surface area contributed by atoms with E-state index >= 15 is 0 Å². The van der Waals surface area contributed by atoms with Crippen molar-refractivity contribution in [3.8, 4) is 17.3 Å². The summed E-state index contributed by atoms with van der Waals surface area (Å²) >= 11 is 0. The van der Waals surface area contributed by atoms with Gasteiger partial charge in [-0.25, -0.2) is 4.98 Å². The summed E-state index contributed by atoms with van der Waals surface area (Å²) in [5.74, 6) is 2.47. The molecule has 2 aromatic heterocycles. The van der Waals surface area contributed by atoms with Crippen molar-refractivity contribution in [3.05, 3.63) is 175 Å². The van der Waals surface area contributed by atoms with Crippen LogP contribution in [0.1, 0.15) is 68.6 Å². The van der Waals surface area contributed by atoms with Gasteiger partial charge in [-0.2, -0.15) is 6.07 Å². The van der Waals surface area contributed by atoms with E-state index in [1.807, 2.05) is 6.20 Å². The molecule has 334 valence electrons. The molecule has 5 nitrogen and oxygen atoms in total. The van der Waals surface area contributed by atoms with E-state index in [1.165, 1.54) is 63.1 Å². The molecule has 3 heterocycles. The molecule has 2 aliphatic rings. The fourth-order valence-electron chi connectivity index (χ4n) is 10.3. The van der Waals surface area contributed by atoms with Crippen molar-refractivity contribution in [3.63, 3.8) is 0 Å². The van der Waals surface area contributed by atoms with Gasteiger partial charge in [-0.05, 0) is 76.0 Å². The van der Waals surface area contributed by atoms with Gasteiger partial charge in [-0.1, -0.05) is 157 Å². The Labute approximate surface area is 402 Å². The van der Waals surface area contributed by atoms with Gasteiger partial charge >= 0.3 is 0 Å². The molecule has 0 unspecified atom stereocenters. The number of hydrogen-bond acceptors (Lipinski definition) is 4. The Morgan fingerprint density at radius 2 is 1.29 bits per heavy atom. The van der Waals surface area contributed by atoms with E-state index in [0.29, 0.717) is 11.5 Å². The number of rotatable bonds is 10. The minimum absolute atomic E-state index is 0.